The summed E-state index contributed by atoms with van der Waals surface area (Å²) in [5.74, 6) is -2.03. The minimum atomic E-state index is -1.24. The Kier molecular flexibility index (Phi) is 9.26. The zero-order chi connectivity index (χ0) is 24.6. The zero-order valence-corrected chi connectivity index (χ0v) is 19.6. The van der Waals surface area contributed by atoms with Gasteiger partial charge < -0.3 is 20.1 Å². The SMILES string of the molecule is C#CN(C(=O)C(C)NC(=O)OC(C)(C)C)C(C(=O)NCC(=O)OC)c1ccc(C)c(C)c1. The highest BCUT2D eigenvalue weighted by Gasteiger charge is 2.34. The van der Waals surface area contributed by atoms with E-state index >= 15 is 0 Å². The molecule has 2 unspecified atom stereocenters. The number of terminal acetylenes is 1. The maximum atomic E-state index is 13.1. The summed E-state index contributed by atoms with van der Waals surface area (Å²) in [6.07, 6.45) is 4.81. The van der Waals surface area contributed by atoms with Gasteiger partial charge in [-0.1, -0.05) is 24.6 Å². The summed E-state index contributed by atoms with van der Waals surface area (Å²) < 4.78 is 9.71. The van der Waals surface area contributed by atoms with E-state index in [-0.39, 0.29) is 0 Å². The Morgan fingerprint density at radius 3 is 2.28 bits per heavy atom. The molecule has 2 atom stereocenters. The van der Waals surface area contributed by atoms with Gasteiger partial charge in [0, 0.05) is 6.04 Å². The van der Waals surface area contributed by atoms with E-state index < -0.39 is 48.1 Å². The lowest BCUT2D eigenvalue weighted by Gasteiger charge is -2.29. The van der Waals surface area contributed by atoms with Gasteiger partial charge in [0.25, 0.3) is 5.91 Å². The molecule has 3 amide bonds. The van der Waals surface area contributed by atoms with Crippen molar-refractivity contribution in [2.75, 3.05) is 13.7 Å². The van der Waals surface area contributed by atoms with Crippen LogP contribution in [0.1, 0.15) is 50.4 Å². The van der Waals surface area contributed by atoms with E-state index in [4.69, 9.17) is 11.2 Å². The van der Waals surface area contributed by atoms with Crippen molar-refractivity contribution < 1.29 is 28.7 Å². The lowest BCUT2D eigenvalue weighted by atomic mass is 9.99. The largest absolute Gasteiger partial charge is 0.468 e. The van der Waals surface area contributed by atoms with Crippen molar-refractivity contribution in [3.05, 3.63) is 34.9 Å². The van der Waals surface area contributed by atoms with E-state index in [1.165, 1.54) is 14.0 Å². The van der Waals surface area contributed by atoms with Gasteiger partial charge in [0.2, 0.25) is 5.91 Å². The Balaban J connectivity index is 3.23. The third-order valence-corrected chi connectivity index (χ3v) is 4.47. The van der Waals surface area contributed by atoms with Crippen LogP contribution in [0.15, 0.2) is 18.2 Å². The van der Waals surface area contributed by atoms with E-state index in [1.807, 2.05) is 13.8 Å². The quantitative estimate of drug-likeness (QED) is 0.377. The third kappa shape index (κ3) is 7.61. The molecule has 0 spiro atoms. The van der Waals surface area contributed by atoms with E-state index in [0.29, 0.717) is 5.56 Å². The summed E-state index contributed by atoms with van der Waals surface area (Å²) in [6, 6.07) is 5.13. The van der Waals surface area contributed by atoms with Gasteiger partial charge in [0.1, 0.15) is 24.2 Å². The summed E-state index contributed by atoms with van der Waals surface area (Å²) in [6.45, 7) is 9.87. The van der Waals surface area contributed by atoms with Crippen LogP contribution < -0.4 is 10.6 Å². The fourth-order valence-corrected chi connectivity index (χ4v) is 2.70. The maximum absolute atomic E-state index is 13.1. The molecule has 1 aromatic rings. The van der Waals surface area contributed by atoms with E-state index in [9.17, 15) is 19.2 Å². The van der Waals surface area contributed by atoms with Gasteiger partial charge in [-0.05, 0) is 58.2 Å². The zero-order valence-electron chi connectivity index (χ0n) is 19.6. The topological polar surface area (TPSA) is 114 Å². The molecule has 0 aliphatic heterocycles. The van der Waals surface area contributed by atoms with Crippen molar-refractivity contribution in [3.63, 3.8) is 0 Å². The first-order valence-corrected chi connectivity index (χ1v) is 10.0. The highest BCUT2D eigenvalue weighted by atomic mass is 16.6. The number of ether oxygens (including phenoxy) is 2. The number of carbonyl (C=O) groups is 4. The van der Waals surface area contributed by atoms with Crippen LogP contribution >= 0.6 is 0 Å². The van der Waals surface area contributed by atoms with E-state index in [1.54, 1.807) is 39.0 Å². The minimum Gasteiger partial charge on any atom is -0.468 e. The Morgan fingerprint density at radius 1 is 1.16 bits per heavy atom. The molecule has 32 heavy (non-hydrogen) atoms. The van der Waals surface area contributed by atoms with Gasteiger partial charge in [-0.25, -0.2) is 4.79 Å². The number of methoxy groups -OCH3 is 1. The van der Waals surface area contributed by atoms with Gasteiger partial charge in [0.15, 0.2) is 0 Å². The lowest BCUT2D eigenvalue weighted by molar-refractivity contribution is -0.142. The molecule has 0 bridgehead atoms. The fourth-order valence-electron chi connectivity index (χ4n) is 2.70. The minimum absolute atomic E-state index is 0.394. The van der Waals surface area contributed by atoms with Crippen LogP contribution in [0.25, 0.3) is 0 Å². The molecule has 0 aliphatic rings. The lowest BCUT2D eigenvalue weighted by Crippen LogP contribution is -2.50. The second kappa shape index (κ2) is 11.2. The first kappa shape index (κ1) is 26.5. The smallest absolute Gasteiger partial charge is 0.408 e. The van der Waals surface area contributed by atoms with Crippen LogP contribution in [-0.2, 0) is 23.9 Å². The number of alkyl carbamates (subject to hydrolysis) is 1. The highest BCUT2D eigenvalue weighted by Crippen LogP contribution is 2.24. The van der Waals surface area contributed by atoms with Gasteiger partial charge in [-0.2, -0.15) is 0 Å². The summed E-state index contributed by atoms with van der Waals surface area (Å²) in [5.41, 5.74) is 1.57. The molecule has 0 radical (unpaired) electrons. The molecule has 1 rings (SSSR count). The Hall–Kier alpha value is -3.54. The molecule has 1 aromatic carbocycles. The number of nitrogens with one attached hydrogen (secondary N) is 2. The fraction of sp³-hybridized carbons (Fsp3) is 0.478. The molecule has 0 aliphatic carbocycles. The predicted molar refractivity (Wildman–Crippen MR) is 118 cm³/mol. The number of nitrogens with zero attached hydrogens (tertiary/aromatic N) is 1. The number of amides is 3. The van der Waals surface area contributed by atoms with Gasteiger partial charge in [-0.15, -0.1) is 0 Å². The number of carbonyl (C=O) groups excluding carboxylic acids is 4. The molecule has 9 heteroatoms. The average molecular weight is 446 g/mol. The molecule has 174 valence electrons. The number of hydrogen-bond acceptors (Lipinski definition) is 6. The average Bonchev–Trinajstić information content (AvgIpc) is 2.69. The van der Waals surface area contributed by atoms with E-state index in [0.717, 1.165) is 16.0 Å². The summed E-state index contributed by atoms with van der Waals surface area (Å²) >= 11 is 0. The standard InChI is InChI=1S/C23H31N3O6/c1-9-26(21(29)16(4)25-22(30)32-23(5,6)7)19(20(28)24-13-18(27)31-8)17-11-10-14(2)15(3)12-17/h1,10-12,16,19H,13H2,2-8H3,(H,24,28)(H,25,30). The van der Waals surface area contributed by atoms with Gasteiger partial charge in [0.05, 0.1) is 7.11 Å². The molecule has 0 saturated carbocycles. The third-order valence-electron chi connectivity index (χ3n) is 4.47. The van der Waals surface area contributed by atoms with Gasteiger partial charge in [-0.3, -0.25) is 19.3 Å². The Morgan fingerprint density at radius 2 is 1.78 bits per heavy atom. The first-order valence-electron chi connectivity index (χ1n) is 10.0. The van der Waals surface area contributed by atoms with Crippen LogP contribution in [0.5, 0.6) is 0 Å². The molecule has 2 N–H and O–H groups in total. The number of esters is 1. The molecule has 0 fully saturated rings. The van der Waals surface area contributed by atoms with Crippen molar-refractivity contribution in [3.8, 4) is 12.5 Å². The summed E-state index contributed by atoms with van der Waals surface area (Å²) in [5, 5.41) is 4.85. The van der Waals surface area contributed by atoms with Gasteiger partial charge >= 0.3 is 12.1 Å². The van der Waals surface area contributed by atoms with Crippen LogP contribution in [0.4, 0.5) is 4.79 Å². The van der Waals surface area contributed by atoms with Crippen LogP contribution in [-0.4, -0.2) is 54.1 Å². The number of rotatable bonds is 7. The Labute approximate surface area is 188 Å². The molecule has 0 saturated heterocycles. The van der Waals surface area contributed by atoms with Crippen LogP contribution in [0, 0.1) is 26.3 Å². The Bertz CT molecular complexity index is 913. The first-order chi connectivity index (χ1) is 14.8. The normalized spacial score (nSPS) is 12.6. The number of hydrogen-bond donors (Lipinski definition) is 2. The summed E-state index contributed by atoms with van der Waals surface area (Å²) in [7, 11) is 1.19. The van der Waals surface area contributed by atoms with Crippen molar-refractivity contribution in [1.29, 1.82) is 0 Å². The second-order valence-corrected chi connectivity index (χ2v) is 8.25. The maximum Gasteiger partial charge on any atom is 0.408 e. The van der Waals surface area contributed by atoms with Crippen molar-refractivity contribution in [2.24, 2.45) is 0 Å². The molecular formula is C23H31N3O6. The molecule has 9 nitrogen and oxygen atoms in total. The predicted octanol–water partition coefficient (Wildman–Crippen LogP) is 1.97. The van der Waals surface area contributed by atoms with E-state index in [2.05, 4.69) is 21.4 Å². The van der Waals surface area contributed by atoms with Crippen molar-refractivity contribution in [1.82, 2.24) is 15.5 Å². The molecule has 0 heterocycles. The second-order valence-electron chi connectivity index (χ2n) is 8.25. The summed E-state index contributed by atoms with van der Waals surface area (Å²) in [4.78, 5) is 50.5. The number of aryl methyl sites for hydroxylation is 2. The van der Waals surface area contributed by atoms with Crippen LogP contribution in [0.3, 0.4) is 0 Å². The molecule has 0 aromatic heterocycles. The monoisotopic (exact) mass is 445 g/mol. The van der Waals surface area contributed by atoms with Crippen LogP contribution in [0.2, 0.25) is 0 Å². The highest BCUT2D eigenvalue weighted by molar-refractivity contribution is 5.94. The van der Waals surface area contributed by atoms with Crippen molar-refractivity contribution >= 4 is 23.9 Å². The van der Waals surface area contributed by atoms with Crippen molar-refractivity contribution in [2.45, 2.75) is 59.2 Å². The number of benzene rings is 1. The molecular weight excluding hydrogens is 414 g/mol.